The lowest BCUT2D eigenvalue weighted by Crippen LogP contribution is -2.45. The van der Waals surface area contributed by atoms with E-state index in [1.54, 1.807) is 0 Å². The lowest BCUT2D eigenvalue weighted by molar-refractivity contribution is -0.124. The number of hydrogen-bond acceptors (Lipinski definition) is 3. The van der Waals surface area contributed by atoms with Gasteiger partial charge in [-0.15, -0.1) is 0 Å². The molecule has 2 unspecified atom stereocenters. The van der Waals surface area contributed by atoms with Gasteiger partial charge in [0.2, 0.25) is 0 Å². The minimum absolute atomic E-state index is 0.0411. The number of ketones is 1. The molecule has 0 amide bonds. The molecule has 3 nitrogen and oxygen atoms in total. The zero-order valence-electron chi connectivity index (χ0n) is 11.5. The van der Waals surface area contributed by atoms with Crippen molar-refractivity contribution in [2.24, 2.45) is 11.8 Å². The number of carbonyl (C=O) groups is 1. The predicted molar refractivity (Wildman–Crippen MR) is 74.7 cm³/mol. The van der Waals surface area contributed by atoms with Crippen LogP contribution in [0.1, 0.15) is 64.2 Å². The summed E-state index contributed by atoms with van der Waals surface area (Å²) in [6.07, 6.45) is 9.47. The Morgan fingerprint density at radius 1 is 0.895 bits per heavy atom. The Morgan fingerprint density at radius 2 is 1.47 bits per heavy atom. The molecule has 0 aromatic heterocycles. The molecule has 2 atom stereocenters. The average molecular weight is 284 g/mol. The van der Waals surface area contributed by atoms with E-state index < -0.39 is 9.84 Å². The first-order valence-electron chi connectivity index (χ1n) is 7.83. The summed E-state index contributed by atoms with van der Waals surface area (Å²) in [6, 6.07) is 0. The second-order valence-electron chi connectivity index (χ2n) is 6.75. The second-order valence-corrected chi connectivity index (χ2v) is 9.26. The molecule has 2 heterocycles. The van der Waals surface area contributed by atoms with E-state index in [0.717, 1.165) is 19.3 Å². The van der Waals surface area contributed by atoms with Gasteiger partial charge in [0.25, 0.3) is 0 Å². The predicted octanol–water partition coefficient (Wildman–Crippen LogP) is 2.88. The molecule has 4 heteroatoms. The number of hydrogen-bond donors (Lipinski definition) is 0. The van der Waals surface area contributed by atoms with Gasteiger partial charge >= 0.3 is 0 Å². The zero-order chi connectivity index (χ0) is 13.5. The Morgan fingerprint density at radius 3 is 2.05 bits per heavy atom. The third kappa shape index (κ3) is 2.61. The molecule has 2 bridgehead atoms. The van der Waals surface area contributed by atoms with Gasteiger partial charge in [-0.05, 0) is 31.6 Å². The molecule has 0 N–H and O–H groups in total. The number of sulfone groups is 1. The maximum Gasteiger partial charge on any atom is 0.156 e. The topological polar surface area (TPSA) is 51.2 Å². The minimum Gasteiger partial charge on any atom is -0.299 e. The van der Waals surface area contributed by atoms with Crippen LogP contribution in [0.5, 0.6) is 0 Å². The van der Waals surface area contributed by atoms with E-state index in [0.29, 0.717) is 31.0 Å². The van der Waals surface area contributed by atoms with E-state index >= 15 is 0 Å². The van der Waals surface area contributed by atoms with Crippen molar-refractivity contribution < 1.29 is 13.2 Å². The first-order chi connectivity index (χ1) is 9.07. The summed E-state index contributed by atoms with van der Waals surface area (Å²) in [5.41, 5.74) is 0. The first-order valence-corrected chi connectivity index (χ1v) is 9.43. The van der Waals surface area contributed by atoms with Crippen LogP contribution in [0.3, 0.4) is 0 Å². The van der Waals surface area contributed by atoms with Crippen molar-refractivity contribution in [2.75, 3.05) is 0 Å². The molecule has 3 fully saturated rings. The molecular weight excluding hydrogens is 260 g/mol. The standard InChI is InChI=1S/C15H24O3S/c16-15(8-11-4-1-2-5-11)12-9-13-6-3-7-14(10-12)19(13,17)18/h11-14H,1-10H2. The van der Waals surface area contributed by atoms with E-state index in [1.165, 1.54) is 25.7 Å². The molecule has 1 saturated carbocycles. The van der Waals surface area contributed by atoms with Crippen molar-refractivity contribution in [2.45, 2.75) is 74.7 Å². The van der Waals surface area contributed by atoms with Gasteiger partial charge in [0.15, 0.2) is 9.84 Å². The number of fused-ring (bicyclic) bond motifs is 2. The highest BCUT2D eigenvalue weighted by Crippen LogP contribution is 2.41. The highest BCUT2D eigenvalue weighted by Gasteiger charge is 2.45. The molecule has 0 aromatic rings. The summed E-state index contributed by atoms with van der Waals surface area (Å²) in [5, 5.41) is -0.421. The van der Waals surface area contributed by atoms with E-state index in [4.69, 9.17) is 0 Å². The van der Waals surface area contributed by atoms with Gasteiger partial charge in [-0.3, -0.25) is 4.79 Å². The lowest BCUT2D eigenvalue weighted by atomic mass is 9.83. The third-order valence-corrected chi connectivity index (χ3v) is 8.21. The van der Waals surface area contributed by atoms with Crippen molar-refractivity contribution in [3.63, 3.8) is 0 Å². The van der Waals surface area contributed by atoms with E-state index in [-0.39, 0.29) is 16.4 Å². The van der Waals surface area contributed by atoms with Crippen molar-refractivity contribution in [1.29, 1.82) is 0 Å². The molecule has 2 saturated heterocycles. The van der Waals surface area contributed by atoms with Gasteiger partial charge in [-0.2, -0.15) is 0 Å². The molecule has 108 valence electrons. The summed E-state index contributed by atoms with van der Waals surface area (Å²) >= 11 is 0. The van der Waals surface area contributed by atoms with Crippen molar-refractivity contribution in [3.8, 4) is 0 Å². The van der Waals surface area contributed by atoms with Gasteiger partial charge in [-0.1, -0.05) is 32.1 Å². The summed E-state index contributed by atoms with van der Waals surface area (Å²) in [4.78, 5) is 12.4. The summed E-state index contributed by atoms with van der Waals surface area (Å²) in [6.45, 7) is 0. The summed E-state index contributed by atoms with van der Waals surface area (Å²) in [5.74, 6) is 0.990. The van der Waals surface area contributed by atoms with Crippen molar-refractivity contribution in [3.05, 3.63) is 0 Å². The molecular formula is C15H24O3S. The maximum absolute atomic E-state index is 12.4. The Bertz CT molecular complexity index is 428. The van der Waals surface area contributed by atoms with Crippen LogP contribution in [-0.4, -0.2) is 24.7 Å². The first kappa shape index (κ1) is 13.6. The van der Waals surface area contributed by atoms with E-state index in [2.05, 4.69) is 0 Å². The van der Waals surface area contributed by atoms with Crippen LogP contribution in [-0.2, 0) is 14.6 Å². The third-order valence-electron chi connectivity index (χ3n) is 5.50. The SMILES string of the molecule is O=C(CC1CCCC1)C1CC2CCCC(C1)S2(=O)=O. The smallest absolute Gasteiger partial charge is 0.156 e. The van der Waals surface area contributed by atoms with Gasteiger partial charge < -0.3 is 0 Å². The van der Waals surface area contributed by atoms with Gasteiger partial charge in [0, 0.05) is 12.3 Å². The van der Waals surface area contributed by atoms with Crippen LogP contribution in [0.25, 0.3) is 0 Å². The van der Waals surface area contributed by atoms with Crippen LogP contribution in [0, 0.1) is 11.8 Å². The van der Waals surface area contributed by atoms with E-state index in [1.807, 2.05) is 0 Å². The van der Waals surface area contributed by atoms with Crippen LogP contribution in [0.4, 0.5) is 0 Å². The summed E-state index contributed by atoms with van der Waals surface area (Å²) in [7, 11) is -2.91. The number of rotatable bonds is 3. The normalized spacial score (nSPS) is 38.2. The average Bonchev–Trinajstić information content (AvgIpc) is 2.79. The molecule has 3 rings (SSSR count). The molecule has 1 aliphatic carbocycles. The maximum atomic E-state index is 12.4. The fourth-order valence-corrected chi connectivity index (χ4v) is 6.87. The Kier molecular flexibility index (Phi) is 3.71. The van der Waals surface area contributed by atoms with Crippen LogP contribution >= 0.6 is 0 Å². The lowest BCUT2D eigenvalue weighted by Gasteiger charge is -2.38. The second kappa shape index (κ2) is 5.19. The zero-order valence-corrected chi connectivity index (χ0v) is 12.3. The number of Topliss-reactive ketones (excluding diaryl/α,β-unsaturated/α-hetero) is 1. The van der Waals surface area contributed by atoms with Gasteiger partial charge in [-0.25, -0.2) is 8.42 Å². The molecule has 0 aromatic carbocycles. The largest absolute Gasteiger partial charge is 0.299 e. The minimum atomic E-state index is -2.91. The van der Waals surface area contributed by atoms with Crippen LogP contribution in [0.15, 0.2) is 0 Å². The fourth-order valence-electron chi connectivity index (χ4n) is 4.34. The Balaban J connectivity index is 1.65. The van der Waals surface area contributed by atoms with Gasteiger partial charge in [0.1, 0.15) is 5.78 Å². The molecule has 3 aliphatic rings. The Labute approximate surface area is 116 Å². The van der Waals surface area contributed by atoms with Crippen LogP contribution < -0.4 is 0 Å². The van der Waals surface area contributed by atoms with Crippen molar-refractivity contribution >= 4 is 15.6 Å². The van der Waals surface area contributed by atoms with Gasteiger partial charge in [0.05, 0.1) is 10.5 Å². The summed E-state index contributed by atoms with van der Waals surface area (Å²) < 4.78 is 24.4. The molecule has 19 heavy (non-hydrogen) atoms. The highest BCUT2D eigenvalue weighted by molar-refractivity contribution is 7.92. The molecule has 0 spiro atoms. The quantitative estimate of drug-likeness (QED) is 0.800. The van der Waals surface area contributed by atoms with E-state index in [9.17, 15) is 13.2 Å². The molecule has 0 radical (unpaired) electrons. The number of carbonyl (C=O) groups excluding carboxylic acids is 1. The molecule has 2 aliphatic heterocycles. The Hall–Kier alpha value is -0.380. The fraction of sp³-hybridized carbons (Fsp3) is 0.933. The van der Waals surface area contributed by atoms with Crippen molar-refractivity contribution in [1.82, 2.24) is 0 Å². The highest BCUT2D eigenvalue weighted by atomic mass is 32.2. The van der Waals surface area contributed by atoms with Crippen LogP contribution in [0.2, 0.25) is 0 Å². The monoisotopic (exact) mass is 284 g/mol.